The highest BCUT2D eigenvalue weighted by atomic mass is 19.1. The zero-order valence-electron chi connectivity index (χ0n) is 9.97. The number of allylic oxidation sites excluding steroid dienone is 1. The number of carbonyl (C=O) groups is 1. The van der Waals surface area contributed by atoms with Crippen LogP contribution in [0.4, 0.5) is 10.1 Å². The molecule has 0 aliphatic rings. The molecule has 0 aromatic heterocycles. The van der Waals surface area contributed by atoms with E-state index in [-0.39, 0.29) is 17.9 Å². The smallest absolute Gasteiger partial charge is 0.367 e. The average Bonchev–Trinajstić information content (AvgIpc) is 2.37. The Kier molecular flexibility index (Phi) is 4.53. The minimum Gasteiger partial charge on any atom is -0.461 e. The Morgan fingerprint density at radius 1 is 1.39 bits per heavy atom. The van der Waals surface area contributed by atoms with Gasteiger partial charge in [0.1, 0.15) is 0 Å². The zero-order chi connectivity index (χ0) is 13.7. The SMILES string of the molecule is CCOC(=O)/C(F)=C(\C)c1ccc([N+](=O)[O-])cc1. The fourth-order valence-corrected chi connectivity index (χ4v) is 1.31. The van der Waals surface area contributed by atoms with Crippen LogP contribution < -0.4 is 0 Å². The maximum absolute atomic E-state index is 13.6. The van der Waals surface area contributed by atoms with Gasteiger partial charge in [0.15, 0.2) is 0 Å². The van der Waals surface area contributed by atoms with Crippen molar-refractivity contribution in [2.75, 3.05) is 6.61 Å². The molecule has 1 aromatic rings. The van der Waals surface area contributed by atoms with E-state index in [0.717, 1.165) is 0 Å². The second-order valence-electron chi connectivity index (χ2n) is 3.46. The van der Waals surface area contributed by atoms with Crippen LogP contribution in [0.2, 0.25) is 0 Å². The van der Waals surface area contributed by atoms with E-state index in [0.29, 0.717) is 5.56 Å². The number of hydrogen-bond donors (Lipinski definition) is 0. The number of nitro groups is 1. The van der Waals surface area contributed by atoms with E-state index < -0.39 is 16.7 Å². The average molecular weight is 253 g/mol. The molecule has 0 unspecified atom stereocenters. The number of ether oxygens (including phenoxy) is 1. The first-order chi connectivity index (χ1) is 8.47. The number of benzene rings is 1. The lowest BCUT2D eigenvalue weighted by molar-refractivity contribution is -0.384. The quantitative estimate of drug-likeness (QED) is 0.358. The molecule has 1 aromatic carbocycles. The number of rotatable bonds is 4. The molecule has 6 heteroatoms. The van der Waals surface area contributed by atoms with Gasteiger partial charge in [-0.3, -0.25) is 10.1 Å². The van der Waals surface area contributed by atoms with Crippen LogP contribution in [0.25, 0.3) is 5.57 Å². The Bertz CT molecular complexity index is 493. The van der Waals surface area contributed by atoms with Gasteiger partial charge in [0.2, 0.25) is 5.83 Å². The van der Waals surface area contributed by atoms with Crippen LogP contribution in [0.3, 0.4) is 0 Å². The van der Waals surface area contributed by atoms with E-state index in [1.165, 1.54) is 31.2 Å². The number of nitrogens with zero attached hydrogens (tertiary/aromatic N) is 1. The highest BCUT2D eigenvalue weighted by Crippen LogP contribution is 2.22. The highest BCUT2D eigenvalue weighted by molar-refractivity contribution is 5.94. The van der Waals surface area contributed by atoms with Crippen LogP contribution >= 0.6 is 0 Å². The van der Waals surface area contributed by atoms with E-state index in [9.17, 15) is 19.3 Å². The Morgan fingerprint density at radius 2 is 1.94 bits per heavy atom. The van der Waals surface area contributed by atoms with E-state index in [2.05, 4.69) is 4.74 Å². The first kappa shape index (κ1) is 13.8. The summed E-state index contributed by atoms with van der Waals surface area (Å²) in [6, 6.07) is 5.26. The Morgan fingerprint density at radius 3 is 2.39 bits per heavy atom. The van der Waals surface area contributed by atoms with Crippen molar-refractivity contribution >= 4 is 17.2 Å². The minimum atomic E-state index is -1.03. The molecule has 5 nitrogen and oxygen atoms in total. The lowest BCUT2D eigenvalue weighted by Crippen LogP contribution is -2.05. The summed E-state index contributed by atoms with van der Waals surface area (Å²) in [7, 11) is 0. The molecular weight excluding hydrogens is 241 g/mol. The van der Waals surface area contributed by atoms with Gasteiger partial charge in [-0.2, -0.15) is 4.39 Å². The summed E-state index contributed by atoms with van der Waals surface area (Å²) in [5.74, 6) is -2.03. The van der Waals surface area contributed by atoms with E-state index in [1.54, 1.807) is 6.92 Å². The summed E-state index contributed by atoms with van der Waals surface area (Å²) in [5.41, 5.74) is 0.387. The number of non-ortho nitro benzene ring substituents is 1. The van der Waals surface area contributed by atoms with Crippen molar-refractivity contribution in [3.8, 4) is 0 Å². The summed E-state index contributed by atoms with van der Waals surface area (Å²) >= 11 is 0. The van der Waals surface area contributed by atoms with Gasteiger partial charge in [-0.05, 0) is 37.1 Å². The van der Waals surface area contributed by atoms with Crippen molar-refractivity contribution in [3.63, 3.8) is 0 Å². The third-order valence-corrected chi connectivity index (χ3v) is 2.30. The molecule has 0 aliphatic heterocycles. The number of hydrogen-bond acceptors (Lipinski definition) is 4. The van der Waals surface area contributed by atoms with Crippen molar-refractivity contribution in [1.29, 1.82) is 0 Å². The Hall–Kier alpha value is -2.24. The Labute approximate surface area is 103 Å². The lowest BCUT2D eigenvalue weighted by atomic mass is 10.1. The third-order valence-electron chi connectivity index (χ3n) is 2.30. The van der Waals surface area contributed by atoms with Crippen molar-refractivity contribution in [1.82, 2.24) is 0 Å². The standard InChI is InChI=1S/C12H12FNO4/c1-3-18-12(15)11(13)8(2)9-4-6-10(7-5-9)14(16)17/h4-7H,3H2,1-2H3/b11-8-. The molecular formula is C12H12FNO4. The van der Waals surface area contributed by atoms with E-state index in [1.807, 2.05) is 0 Å². The summed E-state index contributed by atoms with van der Waals surface area (Å²) in [4.78, 5) is 21.1. The van der Waals surface area contributed by atoms with E-state index >= 15 is 0 Å². The maximum Gasteiger partial charge on any atom is 0.367 e. The summed E-state index contributed by atoms with van der Waals surface area (Å²) in [5, 5.41) is 10.5. The maximum atomic E-state index is 13.6. The zero-order valence-corrected chi connectivity index (χ0v) is 9.97. The second-order valence-corrected chi connectivity index (χ2v) is 3.46. The van der Waals surface area contributed by atoms with Crippen LogP contribution in [0.15, 0.2) is 30.1 Å². The normalized spacial score (nSPS) is 11.7. The molecule has 0 atom stereocenters. The monoisotopic (exact) mass is 253 g/mol. The number of carbonyl (C=O) groups excluding carboxylic acids is 1. The summed E-state index contributed by atoms with van der Waals surface area (Å²) < 4.78 is 18.1. The number of nitro benzene ring substituents is 1. The largest absolute Gasteiger partial charge is 0.461 e. The molecule has 0 spiro atoms. The van der Waals surface area contributed by atoms with Gasteiger partial charge in [-0.15, -0.1) is 0 Å². The van der Waals surface area contributed by atoms with Gasteiger partial charge in [-0.25, -0.2) is 4.79 Å². The van der Waals surface area contributed by atoms with Gasteiger partial charge in [-0.1, -0.05) is 0 Å². The van der Waals surface area contributed by atoms with Crippen LogP contribution in [-0.2, 0) is 9.53 Å². The van der Waals surface area contributed by atoms with Gasteiger partial charge >= 0.3 is 5.97 Å². The molecule has 0 saturated carbocycles. The Balaban J connectivity index is 3.02. The van der Waals surface area contributed by atoms with Gasteiger partial charge < -0.3 is 4.74 Å². The van der Waals surface area contributed by atoms with Crippen molar-refractivity contribution in [2.45, 2.75) is 13.8 Å². The molecule has 0 radical (unpaired) electrons. The first-order valence-electron chi connectivity index (χ1n) is 5.25. The molecule has 0 bridgehead atoms. The van der Waals surface area contributed by atoms with Gasteiger partial charge in [0, 0.05) is 12.1 Å². The van der Waals surface area contributed by atoms with Crippen LogP contribution in [0, 0.1) is 10.1 Å². The van der Waals surface area contributed by atoms with Gasteiger partial charge in [0.05, 0.1) is 11.5 Å². The molecule has 96 valence electrons. The fraction of sp³-hybridized carbons (Fsp3) is 0.250. The second kappa shape index (κ2) is 5.90. The molecule has 18 heavy (non-hydrogen) atoms. The number of halogens is 1. The predicted octanol–water partition coefficient (Wildman–Crippen LogP) is 2.86. The highest BCUT2D eigenvalue weighted by Gasteiger charge is 2.15. The van der Waals surface area contributed by atoms with Crippen molar-refractivity contribution in [3.05, 3.63) is 45.8 Å². The summed E-state index contributed by atoms with van der Waals surface area (Å²) in [6.07, 6.45) is 0. The van der Waals surface area contributed by atoms with E-state index in [4.69, 9.17) is 0 Å². The van der Waals surface area contributed by atoms with Crippen molar-refractivity contribution in [2.24, 2.45) is 0 Å². The molecule has 0 heterocycles. The molecule has 0 saturated heterocycles. The fourth-order valence-electron chi connectivity index (χ4n) is 1.31. The van der Waals surface area contributed by atoms with Crippen molar-refractivity contribution < 1.29 is 18.8 Å². The number of esters is 1. The summed E-state index contributed by atoms with van der Waals surface area (Å²) in [6.45, 7) is 3.07. The first-order valence-corrected chi connectivity index (χ1v) is 5.25. The van der Waals surface area contributed by atoms with Crippen LogP contribution in [0.1, 0.15) is 19.4 Å². The minimum absolute atomic E-state index is 0.0831. The lowest BCUT2D eigenvalue weighted by Gasteiger charge is -2.04. The third kappa shape index (κ3) is 3.13. The molecule has 1 rings (SSSR count). The topological polar surface area (TPSA) is 69.4 Å². The molecule has 0 fully saturated rings. The molecule has 0 aliphatic carbocycles. The van der Waals surface area contributed by atoms with Crippen LogP contribution in [0.5, 0.6) is 0 Å². The predicted molar refractivity (Wildman–Crippen MR) is 63.4 cm³/mol. The van der Waals surface area contributed by atoms with Gasteiger partial charge in [0.25, 0.3) is 5.69 Å². The molecule has 0 amide bonds. The van der Waals surface area contributed by atoms with Crippen LogP contribution in [-0.4, -0.2) is 17.5 Å². The molecule has 0 N–H and O–H groups in total.